The zero-order valence-corrected chi connectivity index (χ0v) is 13.6. The van der Waals surface area contributed by atoms with Crippen LogP contribution >= 0.6 is 11.3 Å². The molecule has 0 saturated carbocycles. The van der Waals surface area contributed by atoms with Crippen LogP contribution in [-0.4, -0.2) is 4.57 Å². The molecule has 2 aromatic heterocycles. The fourth-order valence-corrected chi connectivity index (χ4v) is 4.49. The molecular formula is C21H15NS. The predicted octanol–water partition coefficient (Wildman–Crippen LogP) is 6.31. The zero-order valence-electron chi connectivity index (χ0n) is 12.8. The van der Waals surface area contributed by atoms with E-state index in [-0.39, 0.29) is 0 Å². The van der Waals surface area contributed by atoms with E-state index in [0.29, 0.717) is 0 Å². The van der Waals surface area contributed by atoms with Gasteiger partial charge < -0.3 is 4.57 Å². The van der Waals surface area contributed by atoms with Gasteiger partial charge in [0.15, 0.2) is 0 Å². The average Bonchev–Trinajstić information content (AvgIpc) is 3.09. The highest BCUT2D eigenvalue weighted by molar-refractivity contribution is 7.18. The van der Waals surface area contributed by atoms with Gasteiger partial charge in [-0.2, -0.15) is 0 Å². The molecule has 0 aliphatic carbocycles. The summed E-state index contributed by atoms with van der Waals surface area (Å²) < 4.78 is 2.40. The van der Waals surface area contributed by atoms with Crippen molar-refractivity contribution in [3.8, 4) is 5.69 Å². The second-order valence-electron chi connectivity index (χ2n) is 5.96. The Bertz CT molecular complexity index is 1180. The minimum atomic E-state index is 1.23. The van der Waals surface area contributed by atoms with Gasteiger partial charge in [-0.1, -0.05) is 48.5 Å². The molecule has 0 spiro atoms. The highest BCUT2D eigenvalue weighted by Gasteiger charge is 2.14. The Morgan fingerprint density at radius 1 is 0.739 bits per heavy atom. The van der Waals surface area contributed by atoms with Gasteiger partial charge >= 0.3 is 0 Å². The topological polar surface area (TPSA) is 4.93 Å². The Balaban J connectivity index is 1.92. The summed E-state index contributed by atoms with van der Waals surface area (Å²) >= 11 is 1.87. The van der Waals surface area contributed by atoms with Crippen molar-refractivity contribution >= 4 is 43.2 Å². The molecule has 0 amide bonds. The Labute approximate surface area is 138 Å². The van der Waals surface area contributed by atoms with Crippen molar-refractivity contribution < 1.29 is 0 Å². The van der Waals surface area contributed by atoms with Crippen LogP contribution in [-0.2, 0) is 0 Å². The highest BCUT2D eigenvalue weighted by Crippen LogP contribution is 2.37. The third kappa shape index (κ3) is 1.85. The van der Waals surface area contributed by atoms with Gasteiger partial charge in [-0.25, -0.2) is 0 Å². The summed E-state index contributed by atoms with van der Waals surface area (Å²) in [6, 6.07) is 26.3. The Kier molecular flexibility index (Phi) is 2.64. The molecule has 5 rings (SSSR count). The minimum Gasteiger partial charge on any atom is -0.301 e. The zero-order chi connectivity index (χ0) is 15.4. The van der Waals surface area contributed by atoms with Crippen molar-refractivity contribution in [2.24, 2.45) is 0 Å². The van der Waals surface area contributed by atoms with E-state index in [1.165, 1.54) is 42.5 Å². The van der Waals surface area contributed by atoms with Gasteiger partial charge in [-0.05, 0) is 42.0 Å². The Morgan fingerprint density at radius 2 is 1.52 bits per heavy atom. The number of rotatable bonds is 1. The molecule has 0 aliphatic rings. The number of hydrogen-bond acceptors (Lipinski definition) is 1. The summed E-state index contributed by atoms with van der Waals surface area (Å²) in [5.41, 5.74) is 2.51. The fourth-order valence-electron chi connectivity index (χ4n) is 3.44. The molecule has 0 atom stereocenters. The van der Waals surface area contributed by atoms with E-state index in [1.807, 2.05) is 11.3 Å². The summed E-state index contributed by atoms with van der Waals surface area (Å²) in [5.74, 6) is 0. The molecule has 23 heavy (non-hydrogen) atoms. The van der Waals surface area contributed by atoms with Crippen LogP contribution in [0.15, 0.2) is 72.8 Å². The molecule has 0 radical (unpaired) electrons. The van der Waals surface area contributed by atoms with E-state index >= 15 is 0 Å². The lowest BCUT2D eigenvalue weighted by Crippen LogP contribution is -1.92. The molecule has 110 valence electrons. The normalized spacial score (nSPS) is 11.7. The third-order valence-electron chi connectivity index (χ3n) is 4.47. The monoisotopic (exact) mass is 313 g/mol. The minimum absolute atomic E-state index is 1.23. The van der Waals surface area contributed by atoms with E-state index in [4.69, 9.17) is 0 Å². The molecule has 0 unspecified atom stereocenters. The van der Waals surface area contributed by atoms with E-state index in [1.54, 1.807) is 0 Å². The molecule has 0 bridgehead atoms. The van der Waals surface area contributed by atoms with Crippen LogP contribution in [0.25, 0.3) is 37.6 Å². The molecule has 1 nitrogen and oxygen atoms in total. The molecule has 0 N–H and O–H groups in total. The van der Waals surface area contributed by atoms with E-state index in [9.17, 15) is 0 Å². The summed E-state index contributed by atoms with van der Waals surface area (Å²) in [4.78, 5) is 2.69. The first-order valence-corrected chi connectivity index (χ1v) is 8.62. The number of aromatic nitrogens is 1. The summed E-state index contributed by atoms with van der Waals surface area (Å²) in [5, 5.41) is 5.26. The van der Waals surface area contributed by atoms with Crippen LogP contribution in [0.2, 0.25) is 0 Å². The molecule has 2 heteroatoms. The van der Waals surface area contributed by atoms with Crippen LogP contribution < -0.4 is 0 Å². The van der Waals surface area contributed by atoms with Gasteiger partial charge in [-0.15, -0.1) is 11.3 Å². The maximum atomic E-state index is 2.40. The third-order valence-corrected chi connectivity index (χ3v) is 5.50. The van der Waals surface area contributed by atoms with Gasteiger partial charge in [0.05, 0.1) is 5.52 Å². The fraction of sp³-hybridized carbons (Fsp3) is 0.0476. The molecule has 0 fully saturated rings. The summed E-state index contributed by atoms with van der Waals surface area (Å²) in [6.07, 6.45) is 0. The molecule has 5 aromatic rings. The average molecular weight is 313 g/mol. The highest BCUT2D eigenvalue weighted by atomic mass is 32.1. The number of hydrogen-bond donors (Lipinski definition) is 0. The molecule has 0 aliphatic heterocycles. The van der Waals surface area contributed by atoms with Crippen molar-refractivity contribution in [1.82, 2.24) is 4.57 Å². The van der Waals surface area contributed by atoms with Crippen LogP contribution in [0, 0.1) is 6.92 Å². The Morgan fingerprint density at radius 3 is 2.43 bits per heavy atom. The summed E-state index contributed by atoms with van der Waals surface area (Å²) in [7, 11) is 0. The van der Waals surface area contributed by atoms with Gasteiger partial charge in [0.25, 0.3) is 0 Å². The van der Waals surface area contributed by atoms with Crippen LogP contribution in [0.3, 0.4) is 0 Å². The van der Waals surface area contributed by atoms with Crippen molar-refractivity contribution in [3.63, 3.8) is 0 Å². The second kappa shape index (κ2) is 4.71. The van der Waals surface area contributed by atoms with Gasteiger partial charge in [0, 0.05) is 21.3 Å². The van der Waals surface area contributed by atoms with E-state index < -0.39 is 0 Å². The van der Waals surface area contributed by atoms with Crippen molar-refractivity contribution in [2.45, 2.75) is 6.92 Å². The van der Waals surface area contributed by atoms with Crippen LogP contribution in [0.1, 0.15) is 4.88 Å². The lowest BCUT2D eigenvalue weighted by Gasteiger charge is -2.08. The second-order valence-corrected chi connectivity index (χ2v) is 7.19. The Hall–Kier alpha value is -2.58. The maximum Gasteiger partial charge on any atom is 0.108 e. The van der Waals surface area contributed by atoms with E-state index in [2.05, 4.69) is 84.3 Å². The lowest BCUT2D eigenvalue weighted by molar-refractivity contribution is 1.20. The maximum absolute atomic E-state index is 2.40. The molecule has 0 saturated heterocycles. The van der Waals surface area contributed by atoms with Crippen molar-refractivity contribution in [3.05, 3.63) is 77.7 Å². The quantitative estimate of drug-likeness (QED) is 0.342. The first kappa shape index (κ1) is 12.9. The lowest BCUT2D eigenvalue weighted by atomic mass is 10.1. The number of nitrogens with zero attached hydrogens (tertiary/aromatic N) is 1. The number of aryl methyl sites for hydroxylation is 1. The number of para-hydroxylation sites is 1. The molecular weight excluding hydrogens is 298 g/mol. The van der Waals surface area contributed by atoms with Gasteiger partial charge in [0.1, 0.15) is 4.83 Å². The van der Waals surface area contributed by atoms with Crippen molar-refractivity contribution in [1.29, 1.82) is 0 Å². The molecule has 2 heterocycles. The summed E-state index contributed by atoms with van der Waals surface area (Å²) in [6.45, 7) is 2.18. The van der Waals surface area contributed by atoms with Gasteiger partial charge in [0.2, 0.25) is 0 Å². The standard InChI is InChI=1S/C21H15NS/c1-14-12-19-18-8-4-5-9-20(18)22(21(19)23-14)17-11-10-15-6-2-3-7-16(15)13-17/h2-13H,1H3. The SMILES string of the molecule is Cc1cc2c3ccccc3n(-c3ccc4ccccc4c3)c2s1. The number of thiophene rings is 1. The number of benzene rings is 3. The number of fused-ring (bicyclic) bond motifs is 4. The largest absolute Gasteiger partial charge is 0.301 e. The van der Waals surface area contributed by atoms with Crippen LogP contribution in [0.5, 0.6) is 0 Å². The first-order valence-electron chi connectivity index (χ1n) is 7.80. The van der Waals surface area contributed by atoms with Gasteiger partial charge in [-0.3, -0.25) is 0 Å². The van der Waals surface area contributed by atoms with Crippen LogP contribution in [0.4, 0.5) is 0 Å². The smallest absolute Gasteiger partial charge is 0.108 e. The first-order chi connectivity index (χ1) is 11.3. The van der Waals surface area contributed by atoms with E-state index in [0.717, 1.165) is 0 Å². The molecule has 3 aromatic carbocycles. The predicted molar refractivity (Wildman–Crippen MR) is 101 cm³/mol. The van der Waals surface area contributed by atoms with Crippen molar-refractivity contribution in [2.75, 3.05) is 0 Å².